The van der Waals surface area contributed by atoms with Crippen molar-refractivity contribution in [2.24, 2.45) is 5.92 Å². The second kappa shape index (κ2) is 8.19. The first-order chi connectivity index (χ1) is 11.3. The Bertz CT molecular complexity index is 625. The van der Waals surface area contributed by atoms with Crippen LogP contribution in [0.4, 0.5) is 0 Å². The van der Waals surface area contributed by atoms with E-state index in [4.69, 9.17) is 0 Å². The molecule has 2 N–H and O–H groups in total. The Hall–Kier alpha value is -1.77. The van der Waals surface area contributed by atoms with Gasteiger partial charge >= 0.3 is 0 Å². The van der Waals surface area contributed by atoms with Crippen LogP contribution in [0.25, 0.3) is 10.9 Å². The molecule has 1 aliphatic carbocycles. The Balaban J connectivity index is 1.34. The third-order valence-corrected chi connectivity index (χ3v) is 5.12. The largest absolute Gasteiger partial charge is 0.361 e. The van der Waals surface area contributed by atoms with Gasteiger partial charge in [-0.15, -0.1) is 0 Å². The predicted octanol–water partition coefficient (Wildman–Crippen LogP) is 4.58. The number of fused-ring (bicyclic) bond motifs is 1. The molecule has 1 aromatic heterocycles. The van der Waals surface area contributed by atoms with Gasteiger partial charge in [-0.05, 0) is 36.8 Å². The lowest BCUT2D eigenvalue weighted by Crippen LogP contribution is -2.26. The van der Waals surface area contributed by atoms with Crippen molar-refractivity contribution in [3.05, 3.63) is 36.0 Å². The zero-order valence-corrected chi connectivity index (χ0v) is 13.9. The van der Waals surface area contributed by atoms with Crippen LogP contribution in [0.2, 0.25) is 0 Å². The standard InChI is InChI=1S/C20H28N2O/c23-20(21-14-13-16-7-2-1-3-8-16)12-6-9-17-15-22-19-11-5-4-10-18(17)19/h4-5,10-11,15-16,22H,1-3,6-9,12-14H2,(H,21,23). The van der Waals surface area contributed by atoms with E-state index in [1.165, 1.54) is 48.6 Å². The summed E-state index contributed by atoms with van der Waals surface area (Å²) in [5, 5.41) is 4.38. The normalized spacial score (nSPS) is 15.8. The molecule has 0 bridgehead atoms. The van der Waals surface area contributed by atoms with Crippen molar-refractivity contribution in [1.82, 2.24) is 10.3 Å². The van der Waals surface area contributed by atoms with Crippen molar-refractivity contribution in [1.29, 1.82) is 0 Å². The van der Waals surface area contributed by atoms with E-state index in [1.807, 2.05) is 6.07 Å². The zero-order chi connectivity index (χ0) is 15.9. The smallest absolute Gasteiger partial charge is 0.220 e. The summed E-state index contributed by atoms with van der Waals surface area (Å²) >= 11 is 0. The molecule has 2 aromatic rings. The van der Waals surface area contributed by atoms with E-state index in [1.54, 1.807) is 0 Å². The SMILES string of the molecule is O=C(CCCc1c[nH]c2ccccc12)NCCC1CCCCC1. The molecule has 1 fully saturated rings. The number of hydrogen-bond acceptors (Lipinski definition) is 1. The van der Waals surface area contributed by atoms with Gasteiger partial charge in [0.1, 0.15) is 0 Å². The fraction of sp³-hybridized carbons (Fsp3) is 0.550. The number of nitrogens with one attached hydrogen (secondary N) is 2. The topological polar surface area (TPSA) is 44.9 Å². The maximum absolute atomic E-state index is 12.0. The van der Waals surface area contributed by atoms with Gasteiger partial charge in [-0.25, -0.2) is 0 Å². The molecular formula is C20H28N2O. The van der Waals surface area contributed by atoms with Gasteiger partial charge in [0, 0.05) is 30.1 Å². The van der Waals surface area contributed by atoms with Crippen LogP contribution in [0.5, 0.6) is 0 Å². The molecule has 3 rings (SSSR count). The minimum Gasteiger partial charge on any atom is -0.361 e. The highest BCUT2D eigenvalue weighted by molar-refractivity contribution is 5.83. The molecule has 1 aliphatic rings. The molecular weight excluding hydrogens is 284 g/mol. The van der Waals surface area contributed by atoms with Crippen molar-refractivity contribution in [2.45, 2.75) is 57.8 Å². The molecule has 23 heavy (non-hydrogen) atoms. The van der Waals surface area contributed by atoms with Gasteiger partial charge in [0.25, 0.3) is 0 Å². The molecule has 0 saturated heterocycles. The number of benzene rings is 1. The molecule has 3 heteroatoms. The van der Waals surface area contributed by atoms with E-state index in [0.29, 0.717) is 6.42 Å². The molecule has 0 atom stereocenters. The number of aromatic nitrogens is 1. The van der Waals surface area contributed by atoms with Crippen LogP contribution in [0, 0.1) is 5.92 Å². The Kier molecular flexibility index (Phi) is 5.73. The fourth-order valence-electron chi connectivity index (χ4n) is 3.76. The molecule has 124 valence electrons. The number of rotatable bonds is 7. The summed E-state index contributed by atoms with van der Waals surface area (Å²) in [5.74, 6) is 1.05. The van der Waals surface area contributed by atoms with Crippen LogP contribution in [-0.4, -0.2) is 17.4 Å². The van der Waals surface area contributed by atoms with Gasteiger partial charge in [0.2, 0.25) is 5.91 Å². The van der Waals surface area contributed by atoms with Crippen molar-refractivity contribution < 1.29 is 4.79 Å². The third kappa shape index (κ3) is 4.60. The van der Waals surface area contributed by atoms with Crippen molar-refractivity contribution in [3.63, 3.8) is 0 Å². The van der Waals surface area contributed by atoms with Crippen LogP contribution in [-0.2, 0) is 11.2 Å². The molecule has 3 nitrogen and oxygen atoms in total. The van der Waals surface area contributed by atoms with Crippen molar-refractivity contribution in [2.75, 3.05) is 6.54 Å². The van der Waals surface area contributed by atoms with Gasteiger partial charge < -0.3 is 10.3 Å². The summed E-state index contributed by atoms with van der Waals surface area (Å²) in [7, 11) is 0. The van der Waals surface area contributed by atoms with Gasteiger partial charge in [0.15, 0.2) is 0 Å². The van der Waals surface area contributed by atoms with Gasteiger partial charge in [-0.2, -0.15) is 0 Å². The average molecular weight is 312 g/mol. The first-order valence-electron chi connectivity index (χ1n) is 9.14. The number of aryl methyl sites for hydroxylation is 1. The Morgan fingerprint density at radius 2 is 2.00 bits per heavy atom. The Morgan fingerprint density at radius 3 is 2.87 bits per heavy atom. The first-order valence-corrected chi connectivity index (χ1v) is 9.14. The molecule has 1 aromatic carbocycles. The third-order valence-electron chi connectivity index (χ3n) is 5.12. The van der Waals surface area contributed by atoms with Crippen molar-refractivity contribution in [3.8, 4) is 0 Å². The fourth-order valence-corrected chi connectivity index (χ4v) is 3.76. The van der Waals surface area contributed by atoms with Crippen molar-refractivity contribution >= 4 is 16.8 Å². The maximum Gasteiger partial charge on any atom is 0.220 e. The Labute approximate surface area is 138 Å². The lowest BCUT2D eigenvalue weighted by molar-refractivity contribution is -0.121. The minimum atomic E-state index is 0.209. The average Bonchev–Trinajstić information content (AvgIpc) is 2.99. The number of carbonyl (C=O) groups is 1. The maximum atomic E-state index is 12.0. The van der Waals surface area contributed by atoms with Gasteiger partial charge in [0.05, 0.1) is 0 Å². The number of hydrogen-bond donors (Lipinski definition) is 2. The first kappa shape index (κ1) is 16.1. The number of amides is 1. The highest BCUT2D eigenvalue weighted by atomic mass is 16.1. The van der Waals surface area contributed by atoms with E-state index in [2.05, 4.69) is 34.7 Å². The van der Waals surface area contributed by atoms with Gasteiger partial charge in [-0.3, -0.25) is 4.79 Å². The summed E-state index contributed by atoms with van der Waals surface area (Å²) < 4.78 is 0. The molecule has 1 heterocycles. The lowest BCUT2D eigenvalue weighted by Gasteiger charge is -2.21. The monoisotopic (exact) mass is 312 g/mol. The number of H-pyrrole nitrogens is 1. The quantitative estimate of drug-likeness (QED) is 0.772. The molecule has 0 radical (unpaired) electrons. The van der Waals surface area contributed by atoms with E-state index in [-0.39, 0.29) is 5.91 Å². The summed E-state index contributed by atoms with van der Waals surface area (Å²) in [5.41, 5.74) is 2.50. The molecule has 1 amide bonds. The van der Waals surface area contributed by atoms with Crippen LogP contribution < -0.4 is 5.32 Å². The molecule has 0 aliphatic heterocycles. The summed E-state index contributed by atoms with van der Waals surface area (Å²) in [4.78, 5) is 15.3. The highest BCUT2D eigenvalue weighted by Crippen LogP contribution is 2.25. The summed E-state index contributed by atoms with van der Waals surface area (Å²) in [6, 6.07) is 8.35. The molecule has 0 unspecified atom stereocenters. The Morgan fingerprint density at radius 1 is 1.17 bits per heavy atom. The second-order valence-electron chi connectivity index (χ2n) is 6.86. The van der Waals surface area contributed by atoms with Gasteiger partial charge in [-0.1, -0.05) is 50.3 Å². The summed E-state index contributed by atoms with van der Waals surface area (Å²) in [6.45, 7) is 0.858. The number of aromatic amines is 1. The van der Waals surface area contributed by atoms with Crippen LogP contribution in [0.15, 0.2) is 30.5 Å². The highest BCUT2D eigenvalue weighted by Gasteiger charge is 2.13. The zero-order valence-electron chi connectivity index (χ0n) is 13.9. The van der Waals surface area contributed by atoms with Crippen LogP contribution in [0.3, 0.4) is 0 Å². The summed E-state index contributed by atoms with van der Waals surface area (Å²) in [6.07, 6.45) is 12.6. The van der Waals surface area contributed by atoms with Crippen LogP contribution in [0.1, 0.15) is 56.9 Å². The lowest BCUT2D eigenvalue weighted by atomic mass is 9.87. The molecule has 1 saturated carbocycles. The van der Waals surface area contributed by atoms with E-state index >= 15 is 0 Å². The minimum absolute atomic E-state index is 0.209. The van der Waals surface area contributed by atoms with Crippen LogP contribution >= 0.6 is 0 Å². The molecule has 0 spiro atoms. The predicted molar refractivity (Wildman–Crippen MR) is 95.4 cm³/mol. The number of para-hydroxylation sites is 1. The van der Waals surface area contributed by atoms with E-state index in [9.17, 15) is 4.79 Å². The van der Waals surface area contributed by atoms with E-state index < -0.39 is 0 Å². The number of carbonyl (C=O) groups excluding carboxylic acids is 1. The van der Waals surface area contributed by atoms with E-state index in [0.717, 1.165) is 31.7 Å². The second-order valence-corrected chi connectivity index (χ2v) is 6.86.